The number of hydrogen-bond acceptors (Lipinski definition) is 3. The smallest absolute Gasteiger partial charge is 0.324 e. The molecule has 2 heterocycles. The van der Waals surface area contributed by atoms with Crippen LogP contribution >= 0.6 is 0 Å². The first-order chi connectivity index (χ1) is 5.11. The summed E-state index contributed by atoms with van der Waals surface area (Å²) in [5, 5.41) is 3.15. The van der Waals surface area contributed by atoms with Crippen molar-refractivity contribution in [1.82, 2.24) is 5.32 Å². The van der Waals surface area contributed by atoms with Crippen LogP contribution in [-0.4, -0.2) is 24.2 Å². The predicted octanol–water partition coefficient (Wildman–Crippen LogP) is 0.300. The van der Waals surface area contributed by atoms with Crippen LogP contribution in [0.5, 0.6) is 0 Å². The highest BCUT2D eigenvalue weighted by molar-refractivity contribution is 5.79. The van der Waals surface area contributed by atoms with Gasteiger partial charge in [0.1, 0.15) is 11.6 Å². The number of fused-ring (bicyclic) bond motifs is 1. The Bertz CT molecular complexity index is 200. The van der Waals surface area contributed by atoms with Crippen LogP contribution in [-0.2, 0) is 9.53 Å². The summed E-state index contributed by atoms with van der Waals surface area (Å²) in [4.78, 5) is 11.2. The van der Waals surface area contributed by atoms with E-state index in [9.17, 15) is 4.79 Å². The molecule has 0 aromatic heterocycles. The predicted molar refractivity (Wildman–Crippen MR) is 40.1 cm³/mol. The van der Waals surface area contributed by atoms with Crippen LogP contribution in [0.1, 0.15) is 20.3 Å². The lowest BCUT2D eigenvalue weighted by Gasteiger charge is -2.22. The molecule has 0 aromatic carbocycles. The van der Waals surface area contributed by atoms with Gasteiger partial charge in [0.2, 0.25) is 0 Å². The van der Waals surface area contributed by atoms with Gasteiger partial charge in [-0.15, -0.1) is 0 Å². The van der Waals surface area contributed by atoms with Gasteiger partial charge in [0.25, 0.3) is 0 Å². The average Bonchev–Trinajstić information content (AvgIpc) is 2.37. The van der Waals surface area contributed by atoms with Crippen molar-refractivity contribution in [2.75, 3.05) is 6.54 Å². The molecular weight excluding hydrogens is 142 g/mol. The molecule has 0 bridgehead atoms. The van der Waals surface area contributed by atoms with E-state index in [1.54, 1.807) is 0 Å². The van der Waals surface area contributed by atoms with Crippen molar-refractivity contribution in [1.29, 1.82) is 0 Å². The van der Waals surface area contributed by atoms with E-state index in [2.05, 4.69) is 5.32 Å². The maximum atomic E-state index is 11.2. The Morgan fingerprint density at radius 2 is 2.36 bits per heavy atom. The lowest BCUT2D eigenvalue weighted by Crippen LogP contribution is -2.32. The first-order valence-corrected chi connectivity index (χ1v) is 4.07. The maximum Gasteiger partial charge on any atom is 0.324 e. The number of rotatable bonds is 0. The van der Waals surface area contributed by atoms with Crippen molar-refractivity contribution in [2.24, 2.45) is 5.92 Å². The second kappa shape index (κ2) is 1.97. The fraction of sp³-hybridized carbons (Fsp3) is 0.875. The van der Waals surface area contributed by atoms with E-state index in [1.807, 2.05) is 13.8 Å². The van der Waals surface area contributed by atoms with E-state index in [0.29, 0.717) is 5.92 Å². The summed E-state index contributed by atoms with van der Waals surface area (Å²) in [6.07, 6.45) is 1.06. The Morgan fingerprint density at radius 3 is 3.00 bits per heavy atom. The third kappa shape index (κ3) is 0.872. The molecule has 1 N–H and O–H groups in total. The SMILES string of the molecule is CC1(C)OC(=O)[C@H]2NCC[C@H]21. The average molecular weight is 155 g/mol. The molecule has 62 valence electrons. The van der Waals surface area contributed by atoms with Crippen molar-refractivity contribution in [3.05, 3.63) is 0 Å². The normalized spacial score (nSPS) is 40.4. The van der Waals surface area contributed by atoms with Gasteiger partial charge >= 0.3 is 5.97 Å². The van der Waals surface area contributed by atoms with Crippen LogP contribution in [0.3, 0.4) is 0 Å². The van der Waals surface area contributed by atoms with Gasteiger partial charge < -0.3 is 10.1 Å². The summed E-state index contributed by atoms with van der Waals surface area (Å²) < 4.78 is 5.21. The number of hydrogen-bond donors (Lipinski definition) is 1. The van der Waals surface area contributed by atoms with Gasteiger partial charge in [0, 0.05) is 5.92 Å². The largest absolute Gasteiger partial charge is 0.458 e. The van der Waals surface area contributed by atoms with Crippen LogP contribution in [0.25, 0.3) is 0 Å². The summed E-state index contributed by atoms with van der Waals surface area (Å²) >= 11 is 0. The molecular formula is C8H13NO2. The molecule has 0 aromatic rings. The quantitative estimate of drug-likeness (QED) is 0.511. The van der Waals surface area contributed by atoms with Crippen LogP contribution in [0, 0.1) is 5.92 Å². The van der Waals surface area contributed by atoms with E-state index in [1.165, 1.54) is 0 Å². The summed E-state index contributed by atoms with van der Waals surface area (Å²) in [6, 6.07) is -0.0231. The van der Waals surface area contributed by atoms with E-state index < -0.39 is 0 Å². The maximum absolute atomic E-state index is 11.2. The molecule has 2 aliphatic rings. The number of carbonyl (C=O) groups is 1. The summed E-state index contributed by atoms with van der Waals surface area (Å²) in [5.74, 6) is 0.312. The van der Waals surface area contributed by atoms with E-state index in [0.717, 1.165) is 13.0 Å². The lowest BCUT2D eigenvalue weighted by molar-refractivity contribution is -0.148. The number of carbonyl (C=O) groups excluding carboxylic acids is 1. The molecule has 2 aliphatic heterocycles. The highest BCUT2D eigenvalue weighted by Crippen LogP contribution is 2.37. The van der Waals surface area contributed by atoms with E-state index in [-0.39, 0.29) is 17.6 Å². The first kappa shape index (κ1) is 7.10. The van der Waals surface area contributed by atoms with Crippen molar-refractivity contribution in [3.8, 4) is 0 Å². The van der Waals surface area contributed by atoms with Gasteiger partial charge in [0.15, 0.2) is 0 Å². The zero-order chi connectivity index (χ0) is 8.06. The molecule has 0 amide bonds. The Hall–Kier alpha value is -0.570. The molecule has 2 saturated heterocycles. The van der Waals surface area contributed by atoms with Gasteiger partial charge in [0.05, 0.1) is 0 Å². The minimum Gasteiger partial charge on any atom is -0.458 e. The molecule has 11 heavy (non-hydrogen) atoms. The third-order valence-corrected chi connectivity index (χ3v) is 2.73. The fourth-order valence-corrected chi connectivity index (χ4v) is 2.10. The second-order valence-corrected chi connectivity index (χ2v) is 3.85. The first-order valence-electron chi connectivity index (χ1n) is 4.07. The summed E-state index contributed by atoms with van der Waals surface area (Å²) in [6.45, 7) is 4.93. The minimum atomic E-state index is -0.245. The third-order valence-electron chi connectivity index (χ3n) is 2.73. The van der Waals surface area contributed by atoms with Gasteiger partial charge in [-0.2, -0.15) is 0 Å². The Morgan fingerprint density at radius 1 is 1.64 bits per heavy atom. The highest BCUT2D eigenvalue weighted by Gasteiger charge is 2.51. The Kier molecular flexibility index (Phi) is 1.27. The van der Waals surface area contributed by atoms with Crippen LogP contribution in [0.4, 0.5) is 0 Å². The monoisotopic (exact) mass is 155 g/mol. The van der Waals surface area contributed by atoms with Crippen molar-refractivity contribution < 1.29 is 9.53 Å². The fourth-order valence-electron chi connectivity index (χ4n) is 2.10. The number of nitrogens with one attached hydrogen (secondary N) is 1. The zero-order valence-electron chi connectivity index (χ0n) is 6.89. The summed E-state index contributed by atoms with van der Waals surface area (Å²) in [7, 11) is 0. The molecule has 0 unspecified atom stereocenters. The van der Waals surface area contributed by atoms with Crippen LogP contribution in [0.15, 0.2) is 0 Å². The molecule has 3 nitrogen and oxygen atoms in total. The number of esters is 1. The molecule has 0 spiro atoms. The van der Waals surface area contributed by atoms with Crippen LogP contribution < -0.4 is 5.32 Å². The molecule has 2 rings (SSSR count). The van der Waals surface area contributed by atoms with Gasteiger partial charge in [-0.1, -0.05) is 0 Å². The van der Waals surface area contributed by atoms with E-state index >= 15 is 0 Å². The lowest BCUT2D eigenvalue weighted by atomic mass is 9.88. The molecule has 3 heteroatoms. The van der Waals surface area contributed by atoms with Crippen molar-refractivity contribution in [2.45, 2.75) is 31.9 Å². The molecule has 2 fully saturated rings. The van der Waals surface area contributed by atoms with Gasteiger partial charge in [-0.25, -0.2) is 0 Å². The molecule has 0 radical (unpaired) electrons. The topological polar surface area (TPSA) is 38.3 Å². The van der Waals surface area contributed by atoms with Crippen LogP contribution in [0.2, 0.25) is 0 Å². The molecule has 2 atom stereocenters. The molecule has 0 saturated carbocycles. The highest BCUT2D eigenvalue weighted by atomic mass is 16.6. The number of ether oxygens (including phenoxy) is 1. The van der Waals surface area contributed by atoms with E-state index in [4.69, 9.17) is 4.74 Å². The number of cyclic esters (lactones) is 1. The Labute approximate surface area is 66.1 Å². The zero-order valence-corrected chi connectivity index (χ0v) is 6.89. The minimum absolute atomic E-state index is 0.0231. The second-order valence-electron chi connectivity index (χ2n) is 3.85. The van der Waals surface area contributed by atoms with Gasteiger partial charge in [-0.05, 0) is 26.8 Å². The molecule has 0 aliphatic carbocycles. The van der Waals surface area contributed by atoms with Crippen molar-refractivity contribution in [3.63, 3.8) is 0 Å². The van der Waals surface area contributed by atoms with Crippen molar-refractivity contribution >= 4 is 5.97 Å². The van der Waals surface area contributed by atoms with Gasteiger partial charge in [-0.3, -0.25) is 4.79 Å². The summed E-state index contributed by atoms with van der Waals surface area (Å²) in [5.41, 5.74) is -0.245. The standard InChI is InChI=1S/C8H13NO2/c1-8(2)5-3-4-9-6(5)7(10)11-8/h5-6,9H,3-4H2,1-2H3/t5-,6+/m1/s1. The Balaban J connectivity index is 2.27.